The fourth-order valence-corrected chi connectivity index (χ4v) is 6.19. The summed E-state index contributed by atoms with van der Waals surface area (Å²) in [4.78, 5) is 0. The third-order valence-corrected chi connectivity index (χ3v) is 7.07. The standard InChI is InChI=1S/C22H24O2/c1-14-21(10-15-7-16(11-21)13-22(14,12-15)24-2)19-5-3-17-4-6-20(23)9-18(17)8-19/h3-6,8-9,15-16,23H,1,7,10-13H2,2H3. The molecule has 2 heteroatoms. The summed E-state index contributed by atoms with van der Waals surface area (Å²) in [5, 5.41) is 12.1. The summed E-state index contributed by atoms with van der Waals surface area (Å²) in [6, 6.07) is 12.4. The van der Waals surface area contributed by atoms with Crippen molar-refractivity contribution in [3.05, 3.63) is 54.1 Å². The Hall–Kier alpha value is -1.80. The molecule has 6 rings (SSSR count). The van der Waals surface area contributed by atoms with Gasteiger partial charge < -0.3 is 9.84 Å². The third kappa shape index (κ3) is 1.75. The number of ether oxygens (including phenoxy) is 1. The van der Waals surface area contributed by atoms with Gasteiger partial charge in [-0.3, -0.25) is 0 Å². The van der Waals surface area contributed by atoms with Crippen LogP contribution in [0.1, 0.15) is 37.7 Å². The van der Waals surface area contributed by atoms with E-state index in [1.165, 1.54) is 35.8 Å². The van der Waals surface area contributed by atoms with Gasteiger partial charge in [-0.2, -0.15) is 0 Å². The molecular weight excluding hydrogens is 296 g/mol. The summed E-state index contributed by atoms with van der Waals surface area (Å²) < 4.78 is 6.08. The van der Waals surface area contributed by atoms with Crippen molar-refractivity contribution in [2.24, 2.45) is 11.8 Å². The van der Waals surface area contributed by atoms with Crippen LogP contribution in [-0.4, -0.2) is 17.8 Å². The number of benzene rings is 2. The summed E-state index contributed by atoms with van der Waals surface area (Å²) in [7, 11) is 1.87. The van der Waals surface area contributed by atoms with Crippen LogP contribution >= 0.6 is 0 Å². The fourth-order valence-electron chi connectivity index (χ4n) is 6.19. The van der Waals surface area contributed by atoms with Crippen molar-refractivity contribution in [3.8, 4) is 5.75 Å². The Bertz CT molecular complexity index is 836. The molecule has 2 aromatic carbocycles. The Morgan fingerprint density at radius 1 is 1.00 bits per heavy atom. The fraction of sp³-hybridized carbons (Fsp3) is 0.455. The van der Waals surface area contributed by atoms with Gasteiger partial charge in [-0.05, 0) is 78.0 Å². The van der Waals surface area contributed by atoms with E-state index in [4.69, 9.17) is 4.74 Å². The molecule has 2 aromatic rings. The Kier molecular flexibility index (Phi) is 2.81. The van der Waals surface area contributed by atoms with Gasteiger partial charge >= 0.3 is 0 Å². The highest BCUT2D eigenvalue weighted by atomic mass is 16.5. The smallest absolute Gasteiger partial charge is 0.116 e. The number of rotatable bonds is 2. The molecule has 4 aliphatic rings. The molecule has 2 unspecified atom stereocenters. The molecule has 0 heterocycles. The van der Waals surface area contributed by atoms with Crippen LogP contribution in [0.3, 0.4) is 0 Å². The lowest BCUT2D eigenvalue weighted by Crippen LogP contribution is -2.59. The van der Waals surface area contributed by atoms with Crippen molar-refractivity contribution in [1.29, 1.82) is 0 Å². The lowest BCUT2D eigenvalue weighted by Gasteiger charge is -2.63. The zero-order valence-corrected chi connectivity index (χ0v) is 14.2. The number of hydrogen-bond acceptors (Lipinski definition) is 2. The predicted molar refractivity (Wildman–Crippen MR) is 96.2 cm³/mol. The van der Waals surface area contributed by atoms with Gasteiger partial charge in [0.25, 0.3) is 0 Å². The van der Waals surface area contributed by atoms with E-state index in [1.54, 1.807) is 6.07 Å². The van der Waals surface area contributed by atoms with Crippen LogP contribution in [0, 0.1) is 11.8 Å². The van der Waals surface area contributed by atoms with Gasteiger partial charge in [-0.15, -0.1) is 0 Å². The van der Waals surface area contributed by atoms with E-state index in [2.05, 4.69) is 24.8 Å². The number of phenolic OH excluding ortho intramolecular Hbond substituents is 1. The van der Waals surface area contributed by atoms with Crippen LogP contribution in [0.15, 0.2) is 48.6 Å². The molecule has 0 amide bonds. The molecule has 0 saturated heterocycles. The molecular formula is C22H24O2. The highest BCUT2D eigenvalue weighted by molar-refractivity contribution is 5.85. The van der Waals surface area contributed by atoms with E-state index >= 15 is 0 Å². The normalized spacial score (nSPS) is 37.3. The minimum atomic E-state index is -0.113. The summed E-state index contributed by atoms with van der Waals surface area (Å²) in [6.07, 6.45) is 6.06. The van der Waals surface area contributed by atoms with Crippen LogP contribution in [0.25, 0.3) is 10.8 Å². The maximum absolute atomic E-state index is 9.85. The highest BCUT2D eigenvalue weighted by Crippen LogP contribution is 2.65. The molecule has 0 aliphatic heterocycles. The predicted octanol–water partition coefficient (Wildman–Crippen LogP) is 4.95. The lowest BCUT2D eigenvalue weighted by molar-refractivity contribution is -0.109. The molecule has 4 fully saturated rings. The van der Waals surface area contributed by atoms with Crippen LogP contribution in [-0.2, 0) is 10.2 Å². The monoisotopic (exact) mass is 320 g/mol. The summed E-state index contributed by atoms with van der Waals surface area (Å²) in [5.74, 6) is 1.84. The van der Waals surface area contributed by atoms with Crippen LogP contribution < -0.4 is 0 Å². The Labute approximate surface area is 143 Å². The van der Waals surface area contributed by atoms with Gasteiger partial charge in [-0.1, -0.05) is 30.8 Å². The minimum absolute atomic E-state index is 0.0553. The van der Waals surface area contributed by atoms with Crippen molar-refractivity contribution in [2.75, 3.05) is 7.11 Å². The topological polar surface area (TPSA) is 29.5 Å². The van der Waals surface area contributed by atoms with Crippen LogP contribution in [0.5, 0.6) is 5.75 Å². The van der Waals surface area contributed by atoms with Crippen LogP contribution in [0.4, 0.5) is 0 Å². The summed E-state index contributed by atoms with van der Waals surface area (Å²) in [6.45, 7) is 4.57. The van der Waals surface area contributed by atoms with E-state index in [0.29, 0.717) is 5.75 Å². The summed E-state index contributed by atoms with van der Waals surface area (Å²) in [5.41, 5.74) is 2.60. The van der Waals surface area contributed by atoms with Crippen molar-refractivity contribution in [1.82, 2.24) is 0 Å². The second-order valence-electron chi connectivity index (χ2n) is 8.29. The van der Waals surface area contributed by atoms with Crippen molar-refractivity contribution in [3.63, 3.8) is 0 Å². The van der Waals surface area contributed by atoms with E-state index < -0.39 is 0 Å². The van der Waals surface area contributed by atoms with Gasteiger partial charge in [0.1, 0.15) is 5.75 Å². The first-order valence-electron chi connectivity index (χ1n) is 9.03. The summed E-state index contributed by atoms with van der Waals surface area (Å²) >= 11 is 0. The quantitative estimate of drug-likeness (QED) is 0.794. The molecule has 4 saturated carbocycles. The molecule has 4 bridgehead atoms. The van der Waals surface area contributed by atoms with E-state index in [-0.39, 0.29) is 11.0 Å². The SMILES string of the molecule is C=C1C2(OC)CC3CC(C2)CC1(c1ccc2ccc(O)cc2c1)C3. The van der Waals surface area contributed by atoms with Gasteiger partial charge in [0.15, 0.2) is 0 Å². The van der Waals surface area contributed by atoms with Crippen molar-refractivity contribution >= 4 is 10.8 Å². The molecule has 24 heavy (non-hydrogen) atoms. The second-order valence-corrected chi connectivity index (χ2v) is 8.29. The second kappa shape index (κ2) is 4.64. The first-order valence-corrected chi connectivity index (χ1v) is 9.03. The number of phenols is 1. The van der Waals surface area contributed by atoms with E-state index in [1.807, 2.05) is 19.2 Å². The number of hydrogen-bond donors (Lipinski definition) is 1. The van der Waals surface area contributed by atoms with Crippen molar-refractivity contribution < 1.29 is 9.84 Å². The maximum Gasteiger partial charge on any atom is 0.116 e. The zero-order valence-electron chi connectivity index (χ0n) is 14.2. The zero-order chi connectivity index (χ0) is 16.5. The number of aromatic hydroxyl groups is 1. The molecule has 4 aliphatic carbocycles. The molecule has 0 spiro atoms. The number of methoxy groups -OCH3 is 1. The van der Waals surface area contributed by atoms with E-state index in [9.17, 15) is 5.11 Å². The van der Waals surface area contributed by atoms with Gasteiger partial charge in [0, 0.05) is 12.5 Å². The molecule has 124 valence electrons. The minimum Gasteiger partial charge on any atom is -0.508 e. The Morgan fingerprint density at radius 3 is 2.42 bits per heavy atom. The Morgan fingerprint density at radius 2 is 1.71 bits per heavy atom. The van der Waals surface area contributed by atoms with Crippen LogP contribution in [0.2, 0.25) is 0 Å². The molecule has 2 atom stereocenters. The average Bonchev–Trinajstić information content (AvgIpc) is 2.58. The number of fused-ring (bicyclic) bond motifs is 1. The largest absolute Gasteiger partial charge is 0.508 e. The van der Waals surface area contributed by atoms with Crippen molar-refractivity contribution in [2.45, 2.75) is 43.1 Å². The van der Waals surface area contributed by atoms with E-state index in [0.717, 1.165) is 30.1 Å². The molecule has 0 aromatic heterocycles. The highest BCUT2D eigenvalue weighted by Gasteiger charge is 2.61. The van der Waals surface area contributed by atoms with Gasteiger partial charge in [0.2, 0.25) is 0 Å². The van der Waals surface area contributed by atoms with Gasteiger partial charge in [-0.25, -0.2) is 0 Å². The molecule has 2 nitrogen and oxygen atoms in total. The molecule has 1 N–H and O–H groups in total. The first kappa shape index (κ1) is 14.5. The lowest BCUT2D eigenvalue weighted by atomic mass is 9.44. The third-order valence-electron chi connectivity index (χ3n) is 7.07. The van der Waals surface area contributed by atoms with Gasteiger partial charge in [0.05, 0.1) is 5.60 Å². The first-order chi connectivity index (χ1) is 11.5. The maximum atomic E-state index is 9.85. The average molecular weight is 320 g/mol. The molecule has 0 radical (unpaired) electrons. The Balaban J connectivity index is 1.69.